The summed E-state index contributed by atoms with van der Waals surface area (Å²) < 4.78 is 10.2. The molecule has 1 rings (SSSR count). The number of para-hydroxylation sites is 1. The maximum Gasteiger partial charge on any atom is 0.339 e. The topological polar surface area (TPSA) is 88.0 Å². The van der Waals surface area contributed by atoms with E-state index in [-0.39, 0.29) is 5.56 Å². The molecular formula is C14H21NO5. The first-order valence-corrected chi connectivity index (χ1v) is 6.48. The Bertz CT molecular complexity index is 410. The fourth-order valence-electron chi connectivity index (χ4n) is 1.67. The molecule has 112 valence electrons. The number of methoxy groups -OCH3 is 1. The van der Waals surface area contributed by atoms with E-state index in [2.05, 4.69) is 5.32 Å². The number of ether oxygens (including phenoxy) is 2. The SMILES string of the molecule is COCC(O)CCNCCOc1ccccc1C(=O)O. The second-order valence-corrected chi connectivity index (χ2v) is 4.30. The molecule has 20 heavy (non-hydrogen) atoms. The van der Waals surface area contributed by atoms with Crippen LogP contribution in [0.4, 0.5) is 0 Å². The number of nitrogens with one attached hydrogen (secondary N) is 1. The highest BCUT2D eigenvalue weighted by Crippen LogP contribution is 2.17. The maximum absolute atomic E-state index is 11.0. The number of carboxylic acids is 1. The van der Waals surface area contributed by atoms with Gasteiger partial charge in [0.15, 0.2) is 0 Å². The van der Waals surface area contributed by atoms with Gasteiger partial charge in [0.25, 0.3) is 0 Å². The number of hydrogen-bond acceptors (Lipinski definition) is 5. The molecule has 1 unspecified atom stereocenters. The third kappa shape index (κ3) is 6.01. The van der Waals surface area contributed by atoms with Gasteiger partial charge in [-0.1, -0.05) is 12.1 Å². The summed E-state index contributed by atoms with van der Waals surface area (Å²) in [6.45, 7) is 1.91. The lowest BCUT2D eigenvalue weighted by atomic mass is 10.2. The molecule has 0 saturated carbocycles. The molecule has 3 N–H and O–H groups in total. The summed E-state index contributed by atoms with van der Waals surface area (Å²) in [5, 5.41) is 21.5. The fraction of sp³-hybridized carbons (Fsp3) is 0.500. The number of aliphatic hydroxyl groups excluding tert-OH is 1. The van der Waals surface area contributed by atoms with Crippen molar-refractivity contribution >= 4 is 5.97 Å². The van der Waals surface area contributed by atoms with E-state index in [0.29, 0.717) is 38.5 Å². The maximum atomic E-state index is 11.0. The van der Waals surface area contributed by atoms with Gasteiger partial charge < -0.3 is 25.0 Å². The number of aromatic carboxylic acids is 1. The van der Waals surface area contributed by atoms with Gasteiger partial charge in [-0.15, -0.1) is 0 Å². The van der Waals surface area contributed by atoms with Gasteiger partial charge in [-0.2, -0.15) is 0 Å². The van der Waals surface area contributed by atoms with Crippen LogP contribution in [-0.2, 0) is 4.74 Å². The Morgan fingerprint density at radius 3 is 2.80 bits per heavy atom. The van der Waals surface area contributed by atoms with Crippen molar-refractivity contribution in [3.63, 3.8) is 0 Å². The largest absolute Gasteiger partial charge is 0.491 e. The Balaban J connectivity index is 2.20. The van der Waals surface area contributed by atoms with Crippen LogP contribution in [0.3, 0.4) is 0 Å². The lowest BCUT2D eigenvalue weighted by Crippen LogP contribution is -2.26. The van der Waals surface area contributed by atoms with Crippen molar-refractivity contribution in [2.24, 2.45) is 0 Å². The molecule has 1 aromatic carbocycles. The van der Waals surface area contributed by atoms with Crippen LogP contribution in [0, 0.1) is 0 Å². The van der Waals surface area contributed by atoms with E-state index < -0.39 is 12.1 Å². The molecule has 0 aliphatic carbocycles. The molecule has 6 heteroatoms. The predicted molar refractivity (Wildman–Crippen MR) is 74.3 cm³/mol. The second-order valence-electron chi connectivity index (χ2n) is 4.30. The van der Waals surface area contributed by atoms with Gasteiger partial charge in [-0.25, -0.2) is 4.79 Å². The van der Waals surface area contributed by atoms with Crippen LogP contribution in [0.1, 0.15) is 16.8 Å². The van der Waals surface area contributed by atoms with Crippen molar-refractivity contribution in [1.82, 2.24) is 5.32 Å². The molecule has 0 bridgehead atoms. The van der Waals surface area contributed by atoms with Crippen molar-refractivity contribution in [1.29, 1.82) is 0 Å². The normalized spacial score (nSPS) is 12.1. The van der Waals surface area contributed by atoms with E-state index in [0.717, 1.165) is 0 Å². The zero-order valence-electron chi connectivity index (χ0n) is 11.5. The predicted octanol–water partition coefficient (Wildman–Crippen LogP) is 0.751. The van der Waals surface area contributed by atoms with Crippen molar-refractivity contribution in [3.05, 3.63) is 29.8 Å². The summed E-state index contributed by atoms with van der Waals surface area (Å²) >= 11 is 0. The summed E-state index contributed by atoms with van der Waals surface area (Å²) in [5.74, 6) is -0.641. The summed E-state index contributed by atoms with van der Waals surface area (Å²) in [5.41, 5.74) is 0.156. The van der Waals surface area contributed by atoms with Crippen LogP contribution >= 0.6 is 0 Å². The van der Waals surface area contributed by atoms with Crippen LogP contribution < -0.4 is 10.1 Å². The molecule has 0 spiro atoms. The molecule has 6 nitrogen and oxygen atoms in total. The quantitative estimate of drug-likeness (QED) is 0.549. The van der Waals surface area contributed by atoms with Crippen molar-refractivity contribution in [2.45, 2.75) is 12.5 Å². The Kier molecular flexibility index (Phi) is 7.64. The van der Waals surface area contributed by atoms with Crippen molar-refractivity contribution < 1.29 is 24.5 Å². The number of hydrogen-bond donors (Lipinski definition) is 3. The highest BCUT2D eigenvalue weighted by Gasteiger charge is 2.09. The molecule has 0 aliphatic rings. The molecule has 0 radical (unpaired) electrons. The number of aliphatic hydroxyl groups is 1. The first-order valence-electron chi connectivity index (χ1n) is 6.48. The van der Waals surface area contributed by atoms with Gasteiger partial charge in [-0.05, 0) is 25.1 Å². The summed E-state index contributed by atoms with van der Waals surface area (Å²) in [6, 6.07) is 6.53. The molecule has 0 aliphatic heterocycles. The van der Waals surface area contributed by atoms with Crippen LogP contribution in [-0.4, -0.2) is 55.7 Å². The van der Waals surface area contributed by atoms with Crippen molar-refractivity contribution in [2.75, 3.05) is 33.4 Å². The number of carbonyl (C=O) groups is 1. The van der Waals surface area contributed by atoms with Crippen molar-refractivity contribution in [3.8, 4) is 5.75 Å². The van der Waals surface area contributed by atoms with E-state index in [1.807, 2.05) is 0 Å². The highest BCUT2D eigenvalue weighted by atomic mass is 16.5. The van der Waals surface area contributed by atoms with Crippen LogP contribution in [0.15, 0.2) is 24.3 Å². The van der Waals surface area contributed by atoms with Gasteiger partial charge in [0.1, 0.15) is 17.9 Å². The first-order chi connectivity index (χ1) is 9.65. The summed E-state index contributed by atoms with van der Waals surface area (Å²) in [6.07, 6.45) is 0.126. The third-order valence-electron chi connectivity index (χ3n) is 2.67. The number of rotatable bonds is 10. The molecular weight excluding hydrogens is 262 g/mol. The van der Waals surface area contributed by atoms with E-state index in [1.165, 1.54) is 6.07 Å². The minimum atomic E-state index is -1.00. The molecule has 1 atom stereocenters. The average molecular weight is 283 g/mol. The van der Waals surface area contributed by atoms with E-state index >= 15 is 0 Å². The minimum absolute atomic E-state index is 0.156. The minimum Gasteiger partial charge on any atom is -0.491 e. The summed E-state index contributed by atoms with van der Waals surface area (Å²) in [4.78, 5) is 11.0. The van der Waals surface area contributed by atoms with Crippen LogP contribution in [0.25, 0.3) is 0 Å². The second kappa shape index (κ2) is 9.30. The zero-order valence-corrected chi connectivity index (χ0v) is 11.5. The Labute approximate surface area is 118 Å². The fourth-order valence-corrected chi connectivity index (χ4v) is 1.67. The zero-order chi connectivity index (χ0) is 14.8. The van der Waals surface area contributed by atoms with E-state index in [1.54, 1.807) is 25.3 Å². The van der Waals surface area contributed by atoms with Gasteiger partial charge in [0.2, 0.25) is 0 Å². The van der Waals surface area contributed by atoms with Crippen LogP contribution in [0.2, 0.25) is 0 Å². The summed E-state index contributed by atoms with van der Waals surface area (Å²) in [7, 11) is 1.55. The van der Waals surface area contributed by atoms with Gasteiger partial charge in [0.05, 0.1) is 12.7 Å². The molecule has 0 heterocycles. The third-order valence-corrected chi connectivity index (χ3v) is 2.67. The highest BCUT2D eigenvalue weighted by molar-refractivity contribution is 5.90. The van der Waals surface area contributed by atoms with E-state index in [9.17, 15) is 9.90 Å². The van der Waals surface area contributed by atoms with E-state index in [4.69, 9.17) is 14.6 Å². The molecule has 0 amide bonds. The van der Waals surface area contributed by atoms with Gasteiger partial charge in [0, 0.05) is 13.7 Å². The molecule has 0 aromatic heterocycles. The molecule has 1 aromatic rings. The monoisotopic (exact) mass is 283 g/mol. The van der Waals surface area contributed by atoms with Gasteiger partial charge in [-0.3, -0.25) is 0 Å². The van der Waals surface area contributed by atoms with Gasteiger partial charge >= 0.3 is 5.97 Å². The standard InChI is InChI=1S/C14H21NO5/c1-19-10-11(16)6-7-15-8-9-20-13-5-3-2-4-12(13)14(17)18/h2-5,11,15-16H,6-10H2,1H3,(H,17,18). The Hall–Kier alpha value is -1.63. The van der Waals surface area contributed by atoms with Crippen LogP contribution in [0.5, 0.6) is 5.75 Å². The molecule has 0 fully saturated rings. The number of benzene rings is 1. The Morgan fingerprint density at radius 2 is 2.10 bits per heavy atom. The Morgan fingerprint density at radius 1 is 1.35 bits per heavy atom. The smallest absolute Gasteiger partial charge is 0.339 e. The number of carboxylic acid groups (broad SMARTS) is 1. The first kappa shape index (κ1) is 16.4. The lowest BCUT2D eigenvalue weighted by Gasteiger charge is -2.11. The lowest BCUT2D eigenvalue weighted by molar-refractivity contribution is 0.0593. The average Bonchev–Trinajstić information content (AvgIpc) is 2.43. The molecule has 0 saturated heterocycles.